The van der Waals surface area contributed by atoms with E-state index < -0.39 is 25.0 Å². The Morgan fingerprint density at radius 3 is 1.64 bits per heavy atom. The van der Waals surface area contributed by atoms with Gasteiger partial charge in [0.2, 0.25) is 0 Å². The molecule has 0 aromatic heterocycles. The molecule has 0 aromatic rings. The predicted molar refractivity (Wildman–Crippen MR) is 30.6 cm³/mol. The van der Waals surface area contributed by atoms with Gasteiger partial charge in [-0.15, -0.1) is 0 Å². The first-order valence-corrected chi connectivity index (χ1v) is 2.76. The molecule has 3 N–H and O–H groups in total. The average molecular weight is 226 g/mol. The summed E-state index contributed by atoms with van der Waals surface area (Å²) >= 11 is 0. The van der Waals surface area contributed by atoms with Crippen LogP contribution in [0.2, 0.25) is 0 Å². The van der Waals surface area contributed by atoms with E-state index >= 15 is 0 Å². The second kappa shape index (κ2) is 16.3. The van der Waals surface area contributed by atoms with E-state index in [1.165, 1.54) is 0 Å². The summed E-state index contributed by atoms with van der Waals surface area (Å²) in [7, 11) is 0. The molecule has 0 heterocycles. The third kappa shape index (κ3) is 23.0. The molecule has 72 valence electrons. The number of carbonyl (C=O) groups is 2. The van der Waals surface area contributed by atoms with Crippen LogP contribution in [0.15, 0.2) is 0 Å². The zero-order valence-electron chi connectivity index (χ0n) is 7.91. The second-order valence-corrected chi connectivity index (χ2v) is 1.63. The first kappa shape index (κ1) is 24.2. The molecular formula is C5H8Na2O7. The van der Waals surface area contributed by atoms with Gasteiger partial charge in [-0.1, -0.05) is 0 Å². The molecule has 0 aliphatic heterocycles. The van der Waals surface area contributed by atoms with Crippen LogP contribution in [0.3, 0.4) is 0 Å². The smallest absolute Gasteiger partial charge is 0.652 e. The van der Waals surface area contributed by atoms with E-state index in [0.29, 0.717) is 0 Å². The van der Waals surface area contributed by atoms with Crippen molar-refractivity contribution in [3.63, 3.8) is 0 Å². The van der Waals surface area contributed by atoms with Gasteiger partial charge in [-0.05, 0) is 6.16 Å². The molecule has 0 rings (SSSR count). The maximum atomic E-state index is 9.58. The summed E-state index contributed by atoms with van der Waals surface area (Å²) in [6.07, 6.45) is -4.96. The first-order chi connectivity index (χ1) is 5.45. The van der Waals surface area contributed by atoms with Gasteiger partial charge < -0.3 is 35.1 Å². The molecule has 0 radical (unpaired) electrons. The number of aldehydes is 1. The number of aliphatic hydroxyl groups is 3. The molecule has 0 aliphatic carbocycles. The van der Waals surface area contributed by atoms with Crippen LogP contribution in [-0.2, 0) is 4.79 Å². The van der Waals surface area contributed by atoms with Crippen molar-refractivity contribution in [2.24, 2.45) is 0 Å². The topological polar surface area (TPSA) is 141 Å². The van der Waals surface area contributed by atoms with Crippen LogP contribution in [0.25, 0.3) is 0 Å². The zero-order chi connectivity index (χ0) is 10.1. The second-order valence-electron chi connectivity index (χ2n) is 1.63. The SMILES string of the molecule is O=C([O-])[O-].O=CC(O)C(O)CO.[Na+].[Na+]. The summed E-state index contributed by atoms with van der Waals surface area (Å²) in [6, 6.07) is 0. The quantitative estimate of drug-likeness (QED) is 0.320. The number of hydrogen-bond acceptors (Lipinski definition) is 7. The Bertz CT molecular complexity index is 138. The first-order valence-electron chi connectivity index (χ1n) is 2.76. The minimum absolute atomic E-state index is 0. The summed E-state index contributed by atoms with van der Waals surface area (Å²) in [5.74, 6) is 0. The maximum absolute atomic E-state index is 9.58. The fraction of sp³-hybridized carbons (Fsp3) is 0.600. The van der Waals surface area contributed by atoms with Crippen molar-refractivity contribution in [3.05, 3.63) is 0 Å². The van der Waals surface area contributed by atoms with Gasteiger partial charge in [0, 0.05) is 0 Å². The molecule has 0 fully saturated rings. The average Bonchev–Trinajstić information content (AvgIpc) is 2.00. The Morgan fingerprint density at radius 1 is 1.29 bits per heavy atom. The summed E-state index contributed by atoms with van der Waals surface area (Å²) in [6.45, 7) is -0.597. The van der Waals surface area contributed by atoms with E-state index in [0.717, 1.165) is 0 Å². The third-order valence-electron chi connectivity index (χ3n) is 0.721. The van der Waals surface area contributed by atoms with Gasteiger partial charge in [-0.2, -0.15) is 0 Å². The van der Waals surface area contributed by atoms with Gasteiger partial charge in [0.1, 0.15) is 12.2 Å². The van der Waals surface area contributed by atoms with Gasteiger partial charge in [-0.3, -0.25) is 0 Å². The van der Waals surface area contributed by atoms with Crippen molar-refractivity contribution in [2.45, 2.75) is 12.2 Å². The molecule has 0 spiro atoms. The summed E-state index contributed by atoms with van der Waals surface area (Å²) < 4.78 is 0. The Morgan fingerprint density at radius 2 is 1.57 bits per heavy atom. The van der Waals surface area contributed by atoms with Gasteiger partial charge in [0.05, 0.1) is 6.61 Å². The van der Waals surface area contributed by atoms with E-state index in [4.69, 9.17) is 30.3 Å². The number of hydrogen-bond donors (Lipinski definition) is 3. The predicted octanol–water partition coefficient (Wildman–Crippen LogP) is -10.5. The molecule has 0 bridgehead atoms. The van der Waals surface area contributed by atoms with Gasteiger partial charge in [0.25, 0.3) is 0 Å². The van der Waals surface area contributed by atoms with E-state index in [1.807, 2.05) is 0 Å². The van der Waals surface area contributed by atoms with Crippen molar-refractivity contribution in [2.75, 3.05) is 6.61 Å². The Labute approximate surface area is 124 Å². The van der Waals surface area contributed by atoms with E-state index in [-0.39, 0.29) is 65.4 Å². The summed E-state index contributed by atoms with van der Waals surface area (Å²) in [5.41, 5.74) is 0. The molecule has 7 nitrogen and oxygen atoms in total. The van der Waals surface area contributed by atoms with Crippen molar-refractivity contribution in [1.82, 2.24) is 0 Å². The zero-order valence-corrected chi connectivity index (χ0v) is 11.9. The summed E-state index contributed by atoms with van der Waals surface area (Å²) in [5, 5.41) is 41.5. The molecule has 2 unspecified atom stereocenters. The van der Waals surface area contributed by atoms with Crippen LogP contribution in [0.5, 0.6) is 0 Å². The number of rotatable bonds is 3. The van der Waals surface area contributed by atoms with Crippen LogP contribution in [0, 0.1) is 0 Å². The fourth-order valence-corrected chi connectivity index (χ4v) is 0.199. The van der Waals surface area contributed by atoms with Crippen molar-refractivity contribution >= 4 is 12.4 Å². The molecule has 0 saturated carbocycles. The molecule has 0 aromatic carbocycles. The monoisotopic (exact) mass is 226 g/mol. The van der Waals surface area contributed by atoms with Crippen LogP contribution in [0.4, 0.5) is 4.79 Å². The number of carbonyl (C=O) groups excluding carboxylic acids is 2. The Balaban J connectivity index is -0.0000000733. The third-order valence-corrected chi connectivity index (χ3v) is 0.721. The molecular weight excluding hydrogens is 218 g/mol. The van der Waals surface area contributed by atoms with Gasteiger partial charge >= 0.3 is 59.1 Å². The van der Waals surface area contributed by atoms with Crippen LogP contribution in [0.1, 0.15) is 0 Å². The normalized spacial score (nSPS) is 11.6. The minimum Gasteiger partial charge on any atom is -0.652 e. The van der Waals surface area contributed by atoms with E-state index in [1.54, 1.807) is 0 Å². The van der Waals surface area contributed by atoms with Crippen molar-refractivity contribution in [1.29, 1.82) is 0 Å². The van der Waals surface area contributed by atoms with Gasteiger partial charge in [-0.25, -0.2) is 0 Å². The molecule has 9 heteroatoms. The largest absolute Gasteiger partial charge is 1.00 e. The number of carboxylic acid groups (broad SMARTS) is 2. The Kier molecular flexibility index (Phi) is 28.1. The van der Waals surface area contributed by atoms with Crippen molar-refractivity contribution < 1.29 is 94.2 Å². The molecule has 0 amide bonds. The molecule has 14 heavy (non-hydrogen) atoms. The standard InChI is InChI=1S/C4H8O4.CH2O3.2Na/c5-1-3(7)4(8)2-6;2-1(3)4;;/h1,3-4,6-8H,2H2;(H2,2,3,4);;/q;;2*+1/p-2. The van der Waals surface area contributed by atoms with E-state index in [2.05, 4.69) is 0 Å². The van der Waals surface area contributed by atoms with Crippen LogP contribution in [-0.4, -0.2) is 46.6 Å². The Hall–Kier alpha value is 0.820. The van der Waals surface area contributed by atoms with E-state index in [9.17, 15) is 4.79 Å². The van der Waals surface area contributed by atoms with Crippen LogP contribution >= 0.6 is 0 Å². The molecule has 0 saturated heterocycles. The minimum atomic E-state index is -2.33. The maximum Gasteiger partial charge on any atom is 1.00 e. The van der Waals surface area contributed by atoms with Gasteiger partial charge in [0.15, 0.2) is 6.29 Å². The molecule has 0 aliphatic rings. The number of aliphatic hydroxyl groups excluding tert-OH is 3. The van der Waals surface area contributed by atoms with Crippen molar-refractivity contribution in [3.8, 4) is 0 Å². The summed E-state index contributed by atoms with van der Waals surface area (Å²) in [4.78, 5) is 17.9. The molecule has 2 atom stereocenters. The van der Waals surface area contributed by atoms with Crippen LogP contribution < -0.4 is 69.3 Å². The fourth-order valence-electron chi connectivity index (χ4n) is 0.199.